The first-order valence-corrected chi connectivity index (χ1v) is 11.6. The number of oxazole rings is 1. The zero-order chi connectivity index (χ0) is 20.8. The molecule has 2 fully saturated rings. The van der Waals surface area contributed by atoms with E-state index in [1.165, 1.54) is 21.0 Å². The molecule has 8 nitrogen and oxygen atoms in total. The third-order valence-electron chi connectivity index (χ3n) is 5.86. The normalized spacial score (nSPS) is 23.7. The molecule has 0 bridgehead atoms. The van der Waals surface area contributed by atoms with Gasteiger partial charge in [-0.2, -0.15) is 4.31 Å². The van der Waals surface area contributed by atoms with E-state index in [1.807, 2.05) is 0 Å². The van der Waals surface area contributed by atoms with Crippen molar-refractivity contribution in [3.8, 4) is 0 Å². The van der Waals surface area contributed by atoms with Crippen LogP contribution in [0, 0.1) is 11.8 Å². The molecule has 0 N–H and O–H groups in total. The summed E-state index contributed by atoms with van der Waals surface area (Å²) in [6.07, 6.45) is 2.96. The van der Waals surface area contributed by atoms with Crippen LogP contribution in [0.15, 0.2) is 32.3 Å². The van der Waals surface area contributed by atoms with Crippen molar-refractivity contribution < 1.29 is 17.6 Å². The Labute approximate surface area is 170 Å². The van der Waals surface area contributed by atoms with Gasteiger partial charge < -0.3 is 9.32 Å². The molecular formula is C20H27N3O5S. The molecule has 0 radical (unpaired) electrons. The van der Waals surface area contributed by atoms with Gasteiger partial charge in [-0.05, 0) is 43.2 Å². The van der Waals surface area contributed by atoms with E-state index >= 15 is 0 Å². The maximum atomic E-state index is 13.1. The van der Waals surface area contributed by atoms with Crippen LogP contribution in [-0.4, -0.2) is 54.3 Å². The summed E-state index contributed by atoms with van der Waals surface area (Å²) in [6, 6.07) is 4.45. The smallest absolute Gasteiger partial charge is 0.408 e. The molecule has 0 spiro atoms. The van der Waals surface area contributed by atoms with Gasteiger partial charge in [0.1, 0.15) is 6.54 Å². The summed E-state index contributed by atoms with van der Waals surface area (Å²) in [4.78, 5) is 26.6. The number of sulfonamides is 1. The topological polar surface area (TPSA) is 92.8 Å². The maximum Gasteiger partial charge on any atom is 0.420 e. The van der Waals surface area contributed by atoms with Gasteiger partial charge in [-0.25, -0.2) is 13.2 Å². The summed E-state index contributed by atoms with van der Waals surface area (Å²) < 4.78 is 34.3. The molecule has 1 amide bonds. The molecule has 4 rings (SSSR count). The van der Waals surface area contributed by atoms with Crippen molar-refractivity contribution >= 4 is 27.0 Å². The summed E-state index contributed by atoms with van der Waals surface area (Å²) in [6.45, 7) is 6.39. The fourth-order valence-electron chi connectivity index (χ4n) is 4.51. The first kappa shape index (κ1) is 20.2. The number of piperidine rings is 1. The quantitative estimate of drug-likeness (QED) is 0.752. The Bertz CT molecular complexity index is 1070. The minimum Gasteiger partial charge on any atom is -0.408 e. The second-order valence-corrected chi connectivity index (χ2v) is 10.4. The van der Waals surface area contributed by atoms with Gasteiger partial charge in [-0.1, -0.05) is 13.8 Å². The van der Waals surface area contributed by atoms with Crippen LogP contribution in [0.3, 0.4) is 0 Å². The average molecular weight is 422 g/mol. The molecule has 9 heteroatoms. The maximum absolute atomic E-state index is 13.1. The summed E-state index contributed by atoms with van der Waals surface area (Å²) in [5, 5.41) is 0. The van der Waals surface area contributed by atoms with E-state index in [4.69, 9.17) is 4.42 Å². The van der Waals surface area contributed by atoms with Crippen LogP contribution < -0.4 is 5.76 Å². The molecule has 2 saturated heterocycles. The highest BCUT2D eigenvalue weighted by atomic mass is 32.2. The number of likely N-dealkylation sites (tertiary alicyclic amines) is 1. The predicted octanol–water partition coefficient (Wildman–Crippen LogP) is 1.88. The fourth-order valence-corrected chi connectivity index (χ4v) is 6.21. The van der Waals surface area contributed by atoms with Gasteiger partial charge >= 0.3 is 5.76 Å². The van der Waals surface area contributed by atoms with Crippen molar-refractivity contribution in [2.45, 2.75) is 44.6 Å². The van der Waals surface area contributed by atoms with E-state index in [9.17, 15) is 18.0 Å². The Hall–Kier alpha value is -2.13. The zero-order valence-electron chi connectivity index (χ0n) is 16.8. The molecule has 0 saturated carbocycles. The third kappa shape index (κ3) is 3.85. The summed E-state index contributed by atoms with van der Waals surface area (Å²) in [5.41, 5.74) is 0.616. The van der Waals surface area contributed by atoms with Crippen LogP contribution in [-0.2, 0) is 21.4 Å². The Balaban J connectivity index is 1.63. The first-order valence-electron chi connectivity index (χ1n) is 10.2. The van der Waals surface area contributed by atoms with Gasteiger partial charge in [0, 0.05) is 32.2 Å². The largest absolute Gasteiger partial charge is 0.420 e. The number of carbonyl (C=O) groups is 1. The van der Waals surface area contributed by atoms with Gasteiger partial charge in [0.25, 0.3) is 0 Å². The highest BCUT2D eigenvalue weighted by Gasteiger charge is 2.32. The lowest BCUT2D eigenvalue weighted by Gasteiger charge is -2.34. The minimum absolute atomic E-state index is 0.0981. The lowest BCUT2D eigenvalue weighted by Crippen LogP contribution is -2.42. The van der Waals surface area contributed by atoms with Crippen molar-refractivity contribution in [2.75, 3.05) is 26.2 Å². The number of hydrogen-bond acceptors (Lipinski definition) is 5. The minimum atomic E-state index is -3.67. The number of rotatable bonds is 4. The Morgan fingerprint density at radius 1 is 1.14 bits per heavy atom. The Kier molecular flexibility index (Phi) is 5.29. The van der Waals surface area contributed by atoms with E-state index in [-0.39, 0.29) is 22.9 Å². The molecule has 1 aromatic heterocycles. The van der Waals surface area contributed by atoms with Crippen LogP contribution in [0.4, 0.5) is 0 Å². The van der Waals surface area contributed by atoms with Crippen molar-refractivity contribution in [3.05, 3.63) is 28.7 Å². The lowest BCUT2D eigenvalue weighted by molar-refractivity contribution is -0.130. The first-order chi connectivity index (χ1) is 13.8. The van der Waals surface area contributed by atoms with Crippen molar-refractivity contribution in [2.24, 2.45) is 11.8 Å². The monoisotopic (exact) mass is 421 g/mol. The highest BCUT2D eigenvalue weighted by molar-refractivity contribution is 7.89. The van der Waals surface area contributed by atoms with Crippen molar-refractivity contribution in [1.82, 2.24) is 13.8 Å². The van der Waals surface area contributed by atoms with Crippen LogP contribution in [0.25, 0.3) is 11.1 Å². The second-order valence-electron chi connectivity index (χ2n) is 8.44. The zero-order valence-corrected chi connectivity index (χ0v) is 17.7. The van der Waals surface area contributed by atoms with E-state index in [2.05, 4.69) is 13.8 Å². The van der Waals surface area contributed by atoms with E-state index in [1.54, 1.807) is 11.0 Å². The number of nitrogens with zero attached hydrogens (tertiary/aromatic N) is 3. The fraction of sp³-hybridized carbons (Fsp3) is 0.600. The molecular weight excluding hydrogens is 394 g/mol. The van der Waals surface area contributed by atoms with Gasteiger partial charge in [0.15, 0.2) is 5.58 Å². The SMILES string of the molecule is C[C@@H]1C[C@H](C)CN(S(=O)(=O)c2ccc3c(c2)oc(=O)n3CC(=O)N2CCCC2)C1. The molecule has 1 aromatic carbocycles. The lowest BCUT2D eigenvalue weighted by atomic mass is 9.94. The van der Waals surface area contributed by atoms with Crippen molar-refractivity contribution in [1.29, 1.82) is 0 Å². The number of hydrogen-bond donors (Lipinski definition) is 0. The summed E-state index contributed by atoms with van der Waals surface area (Å²) in [7, 11) is -3.67. The summed E-state index contributed by atoms with van der Waals surface area (Å²) in [5.74, 6) is -0.177. The number of carbonyl (C=O) groups excluding carboxylic acids is 1. The summed E-state index contributed by atoms with van der Waals surface area (Å²) >= 11 is 0. The predicted molar refractivity (Wildman–Crippen MR) is 108 cm³/mol. The Morgan fingerprint density at radius 2 is 1.79 bits per heavy atom. The molecule has 29 heavy (non-hydrogen) atoms. The molecule has 158 valence electrons. The molecule has 3 heterocycles. The molecule has 0 unspecified atom stereocenters. The Morgan fingerprint density at radius 3 is 2.45 bits per heavy atom. The molecule has 2 atom stereocenters. The molecule has 0 aliphatic carbocycles. The van der Waals surface area contributed by atoms with Crippen LogP contribution >= 0.6 is 0 Å². The van der Waals surface area contributed by atoms with E-state index in [0.29, 0.717) is 43.5 Å². The number of benzene rings is 1. The average Bonchev–Trinajstić information content (AvgIpc) is 3.29. The van der Waals surface area contributed by atoms with E-state index in [0.717, 1.165) is 19.3 Å². The number of fused-ring (bicyclic) bond motifs is 1. The van der Waals surface area contributed by atoms with Crippen LogP contribution in [0.2, 0.25) is 0 Å². The van der Waals surface area contributed by atoms with Crippen LogP contribution in [0.1, 0.15) is 33.1 Å². The number of amides is 1. The van der Waals surface area contributed by atoms with Crippen LogP contribution in [0.5, 0.6) is 0 Å². The van der Waals surface area contributed by atoms with Gasteiger partial charge in [0.2, 0.25) is 15.9 Å². The third-order valence-corrected chi connectivity index (χ3v) is 7.69. The standard InChI is InChI=1S/C20H27N3O5S/c1-14-9-15(2)12-22(11-14)29(26,27)16-5-6-17-18(10-16)28-20(25)23(17)13-19(24)21-7-3-4-8-21/h5-6,10,14-15H,3-4,7-9,11-13H2,1-2H3/t14-,15+. The van der Waals surface area contributed by atoms with E-state index < -0.39 is 15.8 Å². The molecule has 2 aromatic rings. The number of aromatic nitrogens is 1. The van der Waals surface area contributed by atoms with Crippen molar-refractivity contribution in [3.63, 3.8) is 0 Å². The second kappa shape index (κ2) is 7.60. The van der Waals surface area contributed by atoms with Gasteiger partial charge in [0.05, 0.1) is 10.4 Å². The highest BCUT2D eigenvalue weighted by Crippen LogP contribution is 2.28. The molecule has 2 aliphatic rings. The van der Waals surface area contributed by atoms with Gasteiger partial charge in [-0.3, -0.25) is 9.36 Å². The molecule has 2 aliphatic heterocycles. The van der Waals surface area contributed by atoms with Gasteiger partial charge in [-0.15, -0.1) is 0 Å².